The number of rotatable bonds is 2. The van der Waals surface area contributed by atoms with Crippen LogP contribution in [0, 0.1) is 5.92 Å². The molecule has 14 heavy (non-hydrogen) atoms. The van der Waals surface area contributed by atoms with Crippen LogP contribution in [0.1, 0.15) is 30.2 Å². The minimum atomic E-state index is -0.394. The average Bonchev–Trinajstić information content (AvgIpc) is 2.65. The molecule has 2 rings (SSSR count). The van der Waals surface area contributed by atoms with Gasteiger partial charge in [0, 0.05) is 6.20 Å². The van der Waals surface area contributed by atoms with Gasteiger partial charge in [0.1, 0.15) is 0 Å². The number of anilines is 1. The Kier molecular flexibility index (Phi) is 2.84. The van der Waals surface area contributed by atoms with Gasteiger partial charge in [0.2, 0.25) is 0 Å². The molecule has 0 spiro atoms. The SMILES string of the molecule is Nc1ncc(C(O)C2CC=CCC2)s1. The molecule has 1 aromatic heterocycles. The van der Waals surface area contributed by atoms with Gasteiger partial charge < -0.3 is 10.8 Å². The third-order valence-corrected chi connectivity index (χ3v) is 3.49. The molecule has 0 amide bonds. The number of aliphatic hydroxyl groups is 1. The molecule has 0 saturated heterocycles. The summed E-state index contributed by atoms with van der Waals surface area (Å²) in [6, 6.07) is 0. The molecule has 0 aromatic carbocycles. The zero-order valence-corrected chi connectivity index (χ0v) is 8.70. The van der Waals surface area contributed by atoms with E-state index in [9.17, 15) is 5.11 Å². The van der Waals surface area contributed by atoms with Gasteiger partial charge in [-0.2, -0.15) is 0 Å². The molecule has 3 nitrogen and oxygen atoms in total. The van der Waals surface area contributed by atoms with E-state index in [1.54, 1.807) is 6.20 Å². The molecule has 1 aromatic rings. The van der Waals surface area contributed by atoms with Gasteiger partial charge in [-0.3, -0.25) is 0 Å². The summed E-state index contributed by atoms with van der Waals surface area (Å²) in [4.78, 5) is 4.84. The van der Waals surface area contributed by atoms with E-state index in [1.165, 1.54) is 11.3 Å². The Morgan fingerprint density at radius 3 is 3.00 bits per heavy atom. The van der Waals surface area contributed by atoms with Crippen LogP contribution in [-0.4, -0.2) is 10.1 Å². The van der Waals surface area contributed by atoms with E-state index < -0.39 is 6.10 Å². The standard InChI is InChI=1S/C10H14N2OS/c11-10-12-6-8(14-10)9(13)7-4-2-1-3-5-7/h1-2,6-7,9,13H,3-5H2,(H2,11,12). The van der Waals surface area contributed by atoms with Crippen molar-refractivity contribution in [2.45, 2.75) is 25.4 Å². The van der Waals surface area contributed by atoms with Crippen molar-refractivity contribution < 1.29 is 5.11 Å². The van der Waals surface area contributed by atoms with Crippen LogP contribution in [0.5, 0.6) is 0 Å². The molecule has 0 saturated carbocycles. The van der Waals surface area contributed by atoms with Crippen LogP contribution in [0.3, 0.4) is 0 Å². The summed E-state index contributed by atoms with van der Waals surface area (Å²) in [5, 5.41) is 10.6. The normalized spacial score (nSPS) is 23.6. The van der Waals surface area contributed by atoms with E-state index >= 15 is 0 Å². The summed E-state index contributed by atoms with van der Waals surface area (Å²) in [6.45, 7) is 0. The molecular weight excluding hydrogens is 196 g/mol. The molecule has 0 aliphatic heterocycles. The predicted molar refractivity (Wildman–Crippen MR) is 58.0 cm³/mol. The maximum atomic E-state index is 10.0. The fourth-order valence-corrected chi connectivity index (χ4v) is 2.54. The Hall–Kier alpha value is -0.870. The van der Waals surface area contributed by atoms with E-state index in [0.717, 1.165) is 24.1 Å². The molecule has 0 radical (unpaired) electrons. The third kappa shape index (κ3) is 1.96. The van der Waals surface area contributed by atoms with Crippen LogP contribution in [0.4, 0.5) is 5.13 Å². The zero-order valence-electron chi connectivity index (χ0n) is 7.89. The lowest BCUT2D eigenvalue weighted by Gasteiger charge is -2.22. The van der Waals surface area contributed by atoms with Gasteiger partial charge in [0.25, 0.3) is 0 Å². The molecule has 76 valence electrons. The second kappa shape index (κ2) is 4.11. The quantitative estimate of drug-likeness (QED) is 0.735. The Morgan fingerprint density at radius 1 is 1.57 bits per heavy atom. The van der Waals surface area contributed by atoms with Gasteiger partial charge in [-0.1, -0.05) is 23.5 Å². The molecule has 2 unspecified atom stereocenters. The van der Waals surface area contributed by atoms with E-state index in [0.29, 0.717) is 11.0 Å². The molecular formula is C10H14N2OS. The van der Waals surface area contributed by atoms with Crippen molar-refractivity contribution >= 4 is 16.5 Å². The maximum absolute atomic E-state index is 10.0. The molecule has 1 heterocycles. The zero-order chi connectivity index (χ0) is 9.97. The number of nitrogens with zero attached hydrogens (tertiary/aromatic N) is 1. The van der Waals surface area contributed by atoms with Crippen molar-refractivity contribution in [3.8, 4) is 0 Å². The van der Waals surface area contributed by atoms with Crippen molar-refractivity contribution in [2.75, 3.05) is 5.73 Å². The summed E-state index contributed by atoms with van der Waals surface area (Å²) < 4.78 is 0. The maximum Gasteiger partial charge on any atom is 0.180 e. The van der Waals surface area contributed by atoms with Crippen molar-refractivity contribution in [1.29, 1.82) is 0 Å². The summed E-state index contributed by atoms with van der Waals surface area (Å²) in [5.41, 5.74) is 5.53. The Bertz CT molecular complexity index is 335. The molecule has 3 N–H and O–H groups in total. The van der Waals surface area contributed by atoms with Crippen molar-refractivity contribution in [3.05, 3.63) is 23.2 Å². The summed E-state index contributed by atoms with van der Waals surface area (Å²) >= 11 is 1.38. The van der Waals surface area contributed by atoms with Gasteiger partial charge in [0.05, 0.1) is 11.0 Å². The summed E-state index contributed by atoms with van der Waals surface area (Å²) in [6.07, 6.45) is 8.68. The van der Waals surface area contributed by atoms with Gasteiger partial charge >= 0.3 is 0 Å². The minimum absolute atomic E-state index is 0.333. The van der Waals surface area contributed by atoms with Crippen molar-refractivity contribution in [1.82, 2.24) is 4.98 Å². The largest absolute Gasteiger partial charge is 0.387 e. The monoisotopic (exact) mass is 210 g/mol. The van der Waals surface area contributed by atoms with E-state index in [1.807, 2.05) is 0 Å². The van der Waals surface area contributed by atoms with E-state index in [4.69, 9.17) is 5.73 Å². The molecule has 0 bridgehead atoms. The van der Waals surface area contributed by atoms with Crippen LogP contribution in [-0.2, 0) is 0 Å². The number of allylic oxidation sites excluding steroid dienone is 2. The lowest BCUT2D eigenvalue weighted by molar-refractivity contribution is 0.106. The highest BCUT2D eigenvalue weighted by molar-refractivity contribution is 7.15. The van der Waals surface area contributed by atoms with Crippen LogP contribution in [0.2, 0.25) is 0 Å². The number of hydrogen-bond donors (Lipinski definition) is 2. The summed E-state index contributed by atoms with van der Waals surface area (Å²) in [5.74, 6) is 0.333. The van der Waals surface area contributed by atoms with Crippen molar-refractivity contribution in [3.63, 3.8) is 0 Å². The Morgan fingerprint density at radius 2 is 2.43 bits per heavy atom. The molecule has 4 heteroatoms. The van der Waals surface area contributed by atoms with Crippen LogP contribution in [0.25, 0.3) is 0 Å². The first-order valence-corrected chi connectivity index (χ1v) is 5.63. The number of nitrogen functional groups attached to an aromatic ring is 1. The first kappa shape index (κ1) is 9.68. The predicted octanol–water partition coefficient (Wildman–Crippen LogP) is 2.12. The fraction of sp³-hybridized carbons (Fsp3) is 0.500. The van der Waals surface area contributed by atoms with Gasteiger partial charge in [0.15, 0.2) is 5.13 Å². The smallest absolute Gasteiger partial charge is 0.180 e. The third-order valence-electron chi connectivity index (χ3n) is 2.59. The van der Waals surface area contributed by atoms with Crippen molar-refractivity contribution in [2.24, 2.45) is 5.92 Å². The second-order valence-corrected chi connectivity index (χ2v) is 4.68. The minimum Gasteiger partial charge on any atom is -0.387 e. The van der Waals surface area contributed by atoms with Gasteiger partial charge in [-0.15, -0.1) is 0 Å². The molecule has 0 fully saturated rings. The number of hydrogen-bond acceptors (Lipinski definition) is 4. The van der Waals surface area contributed by atoms with E-state index in [-0.39, 0.29) is 0 Å². The molecule has 1 aliphatic rings. The number of thiazole rings is 1. The Balaban J connectivity index is 2.07. The summed E-state index contributed by atoms with van der Waals surface area (Å²) in [7, 11) is 0. The fourth-order valence-electron chi connectivity index (χ4n) is 1.77. The lowest BCUT2D eigenvalue weighted by atomic mass is 9.89. The number of aliphatic hydroxyl groups excluding tert-OH is 1. The number of aromatic nitrogens is 1. The molecule has 1 aliphatic carbocycles. The highest BCUT2D eigenvalue weighted by Crippen LogP contribution is 2.34. The Labute approximate surface area is 87.3 Å². The number of nitrogens with two attached hydrogens (primary N) is 1. The van der Waals surface area contributed by atoms with Gasteiger partial charge in [-0.25, -0.2) is 4.98 Å². The van der Waals surface area contributed by atoms with Crippen LogP contribution >= 0.6 is 11.3 Å². The lowest BCUT2D eigenvalue weighted by Crippen LogP contribution is -2.12. The highest BCUT2D eigenvalue weighted by Gasteiger charge is 2.22. The molecule has 2 atom stereocenters. The first-order valence-electron chi connectivity index (χ1n) is 4.81. The van der Waals surface area contributed by atoms with Gasteiger partial charge in [-0.05, 0) is 25.2 Å². The first-order chi connectivity index (χ1) is 6.77. The van der Waals surface area contributed by atoms with Crippen LogP contribution < -0.4 is 5.73 Å². The second-order valence-electron chi connectivity index (χ2n) is 3.59. The highest BCUT2D eigenvalue weighted by atomic mass is 32.1. The van der Waals surface area contributed by atoms with E-state index in [2.05, 4.69) is 17.1 Å². The van der Waals surface area contributed by atoms with Crippen LogP contribution in [0.15, 0.2) is 18.3 Å². The average molecular weight is 210 g/mol. The topological polar surface area (TPSA) is 59.1 Å².